The fourth-order valence-electron chi connectivity index (χ4n) is 0.982. The molecule has 0 spiro atoms. The Morgan fingerprint density at radius 2 is 1.93 bits per heavy atom. The van der Waals surface area contributed by atoms with Crippen molar-refractivity contribution in [2.45, 2.75) is 38.3 Å². The van der Waals surface area contributed by atoms with Gasteiger partial charge < -0.3 is 8.23 Å². The monoisotopic (exact) mass is 292 g/mol. The summed E-state index contributed by atoms with van der Waals surface area (Å²) >= 11 is 0. The molecule has 1 unspecified atom stereocenters. The predicted octanol–water partition coefficient (Wildman–Crippen LogP) is 0.392. The maximum absolute atomic E-state index is 12.1. The first-order valence-corrected chi connectivity index (χ1v) is 14.0. The summed E-state index contributed by atoms with van der Waals surface area (Å²) < 4.78 is 47.3. The number of hydrogen-bond acceptors (Lipinski definition) is 2. The van der Waals surface area contributed by atoms with Crippen LogP contribution < -0.4 is 0 Å². The van der Waals surface area contributed by atoms with Gasteiger partial charge in [0.05, 0.1) is 0 Å². The molecule has 0 saturated carbocycles. The highest BCUT2D eigenvalue weighted by Crippen LogP contribution is 2.25. The summed E-state index contributed by atoms with van der Waals surface area (Å²) in [6.07, 6.45) is -4.77. The van der Waals surface area contributed by atoms with Crippen LogP contribution in [0, 0.1) is 0 Å². The number of rotatable bonds is 6. The zero-order valence-electron chi connectivity index (χ0n) is 9.65. The summed E-state index contributed by atoms with van der Waals surface area (Å²) in [5.41, 5.74) is 0. The van der Waals surface area contributed by atoms with Gasteiger partial charge in [-0.05, 0) is 25.7 Å². The van der Waals surface area contributed by atoms with Crippen LogP contribution in [-0.4, -0.2) is 42.8 Å². The molecule has 9 heteroatoms. The molecule has 0 aromatic carbocycles. The van der Waals surface area contributed by atoms with E-state index in [9.17, 15) is 13.2 Å². The van der Waals surface area contributed by atoms with Gasteiger partial charge in [-0.1, -0.05) is 0 Å². The van der Waals surface area contributed by atoms with Gasteiger partial charge in [-0.2, -0.15) is 13.2 Å². The second kappa shape index (κ2) is 6.35. The van der Waals surface area contributed by atoms with Crippen LogP contribution in [0.5, 0.6) is 0 Å². The van der Waals surface area contributed by atoms with Crippen molar-refractivity contribution in [3.63, 3.8) is 0 Å². The number of hydrogen-bond donors (Lipinski definition) is 0. The molecular weight excluding hydrogens is 273 g/mol. The van der Waals surface area contributed by atoms with Gasteiger partial charge in [0.1, 0.15) is 10.5 Å². The minimum Gasteiger partial charge on any atom is -0.464 e. The van der Waals surface area contributed by atoms with E-state index in [1.54, 1.807) is 0 Å². The first-order chi connectivity index (χ1) is 6.68. The smallest absolute Gasteiger partial charge is 0.388 e. The van der Waals surface area contributed by atoms with E-state index in [0.717, 1.165) is 0 Å². The Morgan fingerprint density at radius 1 is 1.40 bits per heavy atom. The highest BCUT2D eigenvalue weighted by Gasteiger charge is 2.35. The maximum Gasteiger partial charge on any atom is 0.388 e. The molecule has 2 nitrogen and oxygen atoms in total. The molecule has 0 aliphatic heterocycles. The lowest BCUT2D eigenvalue weighted by molar-refractivity contribution is -0.131. The van der Waals surface area contributed by atoms with E-state index in [2.05, 4.69) is 0 Å². The van der Waals surface area contributed by atoms with E-state index in [-0.39, 0.29) is 6.04 Å². The van der Waals surface area contributed by atoms with Crippen molar-refractivity contribution in [1.29, 1.82) is 0 Å². The average molecular weight is 293 g/mol. The Balaban J connectivity index is 4.07. The summed E-state index contributed by atoms with van der Waals surface area (Å²) in [5, 5.41) is 0. The lowest BCUT2D eigenvalue weighted by Gasteiger charge is -2.26. The maximum atomic E-state index is 12.1. The molecule has 92 valence electrons. The summed E-state index contributed by atoms with van der Waals surface area (Å²) in [5.74, 6) is 0. The SMILES string of the molecule is C[SiH](C)O[SiH2][Si](C)(CCC(F)(F)F)O[SiH3]. The molecule has 0 aromatic heterocycles. The third-order valence-corrected chi connectivity index (χ3v) is 18.3. The normalized spacial score (nSPS) is 17.8. The van der Waals surface area contributed by atoms with E-state index in [0.29, 0.717) is 10.5 Å². The van der Waals surface area contributed by atoms with Crippen LogP contribution in [0.4, 0.5) is 13.2 Å². The summed E-state index contributed by atoms with van der Waals surface area (Å²) in [6.45, 7) is 5.96. The molecule has 0 heterocycles. The Morgan fingerprint density at radius 3 is 2.27 bits per heavy atom. The molecular formula is C6H19F3O2Si4. The Bertz CT molecular complexity index is 190. The molecule has 0 aromatic rings. The quantitative estimate of drug-likeness (QED) is 0.660. The van der Waals surface area contributed by atoms with Crippen molar-refractivity contribution in [2.24, 2.45) is 0 Å². The van der Waals surface area contributed by atoms with Gasteiger partial charge in [-0.15, -0.1) is 0 Å². The van der Waals surface area contributed by atoms with Crippen LogP contribution >= 0.6 is 0 Å². The first kappa shape index (κ1) is 15.6. The number of halogens is 3. The first-order valence-electron chi connectivity index (χ1n) is 4.92. The van der Waals surface area contributed by atoms with Crippen LogP contribution in [0.25, 0.3) is 0 Å². The van der Waals surface area contributed by atoms with E-state index < -0.39 is 38.8 Å². The molecule has 0 saturated heterocycles. The zero-order valence-corrected chi connectivity index (χ0v) is 15.2. The summed E-state index contributed by atoms with van der Waals surface area (Å²) in [6, 6.07) is 0.174. The lowest BCUT2D eigenvalue weighted by Crippen LogP contribution is -2.45. The Labute approximate surface area is 96.7 Å². The van der Waals surface area contributed by atoms with Gasteiger partial charge >= 0.3 is 6.18 Å². The Hall–Kier alpha value is 0.578. The van der Waals surface area contributed by atoms with Gasteiger partial charge in [0, 0.05) is 6.42 Å². The standard InChI is InChI=1S/C6H19F3O2Si4/c1-14(2)11-13-15(3,10-12)5-4-6(7,8)9/h14H,4-5,13H2,1-3,12H3. The molecule has 0 rings (SSSR count). The van der Waals surface area contributed by atoms with Gasteiger partial charge in [0.2, 0.25) is 0 Å². The minimum absolute atomic E-state index is 0.174. The van der Waals surface area contributed by atoms with Crippen LogP contribution in [0.15, 0.2) is 0 Å². The lowest BCUT2D eigenvalue weighted by atomic mass is 10.5. The van der Waals surface area contributed by atoms with Gasteiger partial charge in [0.25, 0.3) is 0 Å². The van der Waals surface area contributed by atoms with Crippen LogP contribution in [0.1, 0.15) is 6.42 Å². The van der Waals surface area contributed by atoms with Gasteiger partial charge in [0.15, 0.2) is 26.2 Å². The van der Waals surface area contributed by atoms with E-state index >= 15 is 0 Å². The summed E-state index contributed by atoms with van der Waals surface area (Å²) in [7, 11) is -3.56. The minimum atomic E-state index is -4.06. The van der Waals surface area contributed by atoms with Crippen molar-refractivity contribution in [1.82, 2.24) is 0 Å². The summed E-state index contributed by atoms with van der Waals surface area (Å²) in [4.78, 5) is 0. The third kappa shape index (κ3) is 8.39. The van der Waals surface area contributed by atoms with Crippen LogP contribution in [0.3, 0.4) is 0 Å². The topological polar surface area (TPSA) is 18.5 Å². The second-order valence-corrected chi connectivity index (χ2v) is 18.2. The number of alkyl halides is 3. The van der Waals surface area contributed by atoms with Crippen molar-refractivity contribution < 1.29 is 21.4 Å². The Kier molecular flexibility index (Phi) is 6.59. The fourth-order valence-corrected chi connectivity index (χ4v) is 14.2. The van der Waals surface area contributed by atoms with Crippen molar-refractivity contribution in [3.8, 4) is 0 Å². The molecule has 15 heavy (non-hydrogen) atoms. The van der Waals surface area contributed by atoms with Crippen LogP contribution in [0.2, 0.25) is 25.7 Å². The van der Waals surface area contributed by atoms with Crippen molar-refractivity contribution in [2.75, 3.05) is 0 Å². The molecule has 0 fully saturated rings. The van der Waals surface area contributed by atoms with E-state index in [1.807, 2.05) is 19.6 Å². The zero-order chi connectivity index (χ0) is 12.1. The fraction of sp³-hybridized carbons (Fsp3) is 1.00. The third-order valence-electron chi connectivity index (χ3n) is 2.15. The molecule has 0 aliphatic carbocycles. The molecule has 0 radical (unpaired) electrons. The molecule has 0 amide bonds. The largest absolute Gasteiger partial charge is 0.464 e. The molecule has 0 bridgehead atoms. The van der Waals surface area contributed by atoms with E-state index in [1.165, 1.54) is 0 Å². The van der Waals surface area contributed by atoms with Gasteiger partial charge in [-0.3, -0.25) is 0 Å². The van der Waals surface area contributed by atoms with Crippen LogP contribution in [-0.2, 0) is 8.23 Å². The van der Waals surface area contributed by atoms with Gasteiger partial charge in [-0.25, -0.2) is 0 Å². The highest BCUT2D eigenvalue weighted by atomic mass is 29.2. The van der Waals surface area contributed by atoms with Crippen molar-refractivity contribution >= 4 is 36.6 Å². The second-order valence-electron chi connectivity index (χ2n) is 4.13. The molecule has 0 aliphatic rings. The molecule has 1 atom stereocenters. The predicted molar refractivity (Wildman–Crippen MR) is 66.6 cm³/mol. The van der Waals surface area contributed by atoms with E-state index in [4.69, 9.17) is 8.23 Å². The average Bonchev–Trinajstić information content (AvgIpc) is 2.10. The molecule has 0 N–H and O–H groups in total. The van der Waals surface area contributed by atoms with Crippen molar-refractivity contribution in [3.05, 3.63) is 0 Å². The highest BCUT2D eigenvalue weighted by molar-refractivity contribution is 7.20.